The molecule has 0 radical (unpaired) electrons. The van der Waals surface area contributed by atoms with Crippen molar-refractivity contribution in [1.82, 2.24) is 0 Å². The zero-order valence-corrected chi connectivity index (χ0v) is 14.5. The van der Waals surface area contributed by atoms with E-state index in [0.717, 1.165) is 9.13 Å². The van der Waals surface area contributed by atoms with E-state index in [-0.39, 0.29) is 12.2 Å². The third-order valence-electron chi connectivity index (χ3n) is 2.50. The third-order valence-corrected chi connectivity index (χ3v) is 4.21. The SMILES string of the molecule is O=C(O)Cc1ccc(Oc2ccc(O)c(I)c2)c(I)c1. The summed E-state index contributed by atoms with van der Waals surface area (Å²) in [6, 6.07) is 10.3. The van der Waals surface area contributed by atoms with Gasteiger partial charge in [-0.25, -0.2) is 0 Å². The van der Waals surface area contributed by atoms with Crippen molar-refractivity contribution in [3.05, 3.63) is 49.1 Å². The summed E-state index contributed by atoms with van der Waals surface area (Å²) in [7, 11) is 0. The molecule has 0 unspecified atom stereocenters. The van der Waals surface area contributed by atoms with Gasteiger partial charge in [-0.15, -0.1) is 0 Å². The van der Waals surface area contributed by atoms with Crippen molar-refractivity contribution in [2.24, 2.45) is 0 Å². The highest BCUT2D eigenvalue weighted by molar-refractivity contribution is 14.1. The molecular weight excluding hydrogens is 486 g/mol. The first kappa shape index (κ1) is 15.4. The van der Waals surface area contributed by atoms with Gasteiger partial charge in [0, 0.05) is 0 Å². The van der Waals surface area contributed by atoms with Gasteiger partial charge in [0.05, 0.1) is 13.6 Å². The van der Waals surface area contributed by atoms with Gasteiger partial charge < -0.3 is 14.9 Å². The fraction of sp³-hybridized carbons (Fsp3) is 0.0714. The Morgan fingerprint density at radius 3 is 2.45 bits per heavy atom. The number of benzene rings is 2. The summed E-state index contributed by atoms with van der Waals surface area (Å²) < 4.78 is 7.28. The van der Waals surface area contributed by atoms with Crippen molar-refractivity contribution < 1.29 is 19.7 Å². The smallest absolute Gasteiger partial charge is 0.307 e. The van der Waals surface area contributed by atoms with E-state index in [9.17, 15) is 9.90 Å². The first-order chi connectivity index (χ1) is 9.45. The second-order valence-electron chi connectivity index (χ2n) is 4.05. The molecule has 0 aliphatic heterocycles. The van der Waals surface area contributed by atoms with Crippen LogP contribution in [0.3, 0.4) is 0 Å². The molecule has 0 saturated heterocycles. The molecule has 104 valence electrons. The zero-order chi connectivity index (χ0) is 14.7. The van der Waals surface area contributed by atoms with Gasteiger partial charge in [-0.2, -0.15) is 0 Å². The summed E-state index contributed by atoms with van der Waals surface area (Å²) in [6.07, 6.45) is -0.00656. The number of rotatable bonds is 4. The van der Waals surface area contributed by atoms with E-state index in [2.05, 4.69) is 22.6 Å². The topological polar surface area (TPSA) is 66.8 Å². The Morgan fingerprint density at radius 2 is 1.85 bits per heavy atom. The second kappa shape index (κ2) is 6.61. The van der Waals surface area contributed by atoms with Gasteiger partial charge in [0.1, 0.15) is 17.2 Å². The van der Waals surface area contributed by atoms with Crippen LogP contribution in [0.4, 0.5) is 0 Å². The van der Waals surface area contributed by atoms with Gasteiger partial charge in [0.25, 0.3) is 0 Å². The highest BCUT2D eigenvalue weighted by atomic mass is 127. The number of aliphatic carboxylic acids is 1. The standard InChI is InChI=1S/C14H10I2O4/c15-10-7-9(2-3-12(10)17)20-13-4-1-8(5-11(13)16)6-14(18)19/h1-5,7,17H,6H2,(H,18,19). The molecule has 0 aliphatic carbocycles. The maximum Gasteiger partial charge on any atom is 0.307 e. The molecule has 2 aromatic rings. The second-order valence-corrected chi connectivity index (χ2v) is 6.37. The van der Waals surface area contributed by atoms with Crippen molar-refractivity contribution in [2.45, 2.75) is 6.42 Å². The van der Waals surface area contributed by atoms with Gasteiger partial charge in [-0.3, -0.25) is 4.79 Å². The summed E-state index contributed by atoms with van der Waals surface area (Å²) in [4.78, 5) is 10.7. The van der Waals surface area contributed by atoms with Crippen molar-refractivity contribution >= 4 is 51.2 Å². The largest absolute Gasteiger partial charge is 0.507 e. The van der Waals surface area contributed by atoms with Crippen LogP contribution in [-0.4, -0.2) is 16.2 Å². The van der Waals surface area contributed by atoms with E-state index in [1.54, 1.807) is 36.4 Å². The minimum Gasteiger partial charge on any atom is -0.507 e. The highest BCUT2D eigenvalue weighted by Crippen LogP contribution is 2.31. The lowest BCUT2D eigenvalue weighted by molar-refractivity contribution is -0.136. The first-order valence-electron chi connectivity index (χ1n) is 5.62. The summed E-state index contributed by atoms with van der Waals surface area (Å²) in [5.74, 6) is 0.629. The fourth-order valence-corrected chi connectivity index (χ4v) is 2.77. The van der Waals surface area contributed by atoms with Gasteiger partial charge in [-0.05, 0) is 81.1 Å². The molecule has 0 aromatic heterocycles. The Balaban J connectivity index is 2.21. The molecule has 6 heteroatoms. The van der Waals surface area contributed by atoms with E-state index in [4.69, 9.17) is 9.84 Å². The number of carboxylic acid groups (broad SMARTS) is 1. The van der Waals surface area contributed by atoms with Crippen LogP contribution in [0.1, 0.15) is 5.56 Å². The molecule has 0 bridgehead atoms. The molecule has 0 heterocycles. The Kier molecular flexibility index (Phi) is 5.08. The van der Waals surface area contributed by atoms with Crippen molar-refractivity contribution in [1.29, 1.82) is 0 Å². The van der Waals surface area contributed by atoms with Crippen molar-refractivity contribution in [3.63, 3.8) is 0 Å². The van der Waals surface area contributed by atoms with E-state index >= 15 is 0 Å². The molecule has 0 fully saturated rings. The number of aromatic hydroxyl groups is 1. The van der Waals surface area contributed by atoms with Gasteiger partial charge in [-0.1, -0.05) is 6.07 Å². The molecule has 2 aromatic carbocycles. The summed E-state index contributed by atoms with van der Waals surface area (Å²) in [5.41, 5.74) is 0.731. The van der Waals surface area contributed by atoms with Crippen molar-refractivity contribution in [2.75, 3.05) is 0 Å². The highest BCUT2D eigenvalue weighted by Gasteiger charge is 2.08. The Labute approximate surface area is 143 Å². The van der Waals surface area contributed by atoms with Crippen LogP contribution in [0.2, 0.25) is 0 Å². The lowest BCUT2D eigenvalue weighted by atomic mass is 10.1. The van der Waals surface area contributed by atoms with E-state index in [1.165, 1.54) is 0 Å². The lowest BCUT2D eigenvalue weighted by Crippen LogP contribution is -2.00. The molecule has 2 N–H and O–H groups in total. The number of hydrogen-bond donors (Lipinski definition) is 2. The summed E-state index contributed by atoms with van der Waals surface area (Å²) >= 11 is 4.13. The van der Waals surface area contributed by atoms with Crippen LogP contribution in [0, 0.1) is 7.14 Å². The number of phenolic OH excluding ortho intramolecular Hbond substituents is 1. The average molecular weight is 496 g/mol. The normalized spacial score (nSPS) is 10.3. The third kappa shape index (κ3) is 3.98. The molecule has 0 aliphatic rings. The molecule has 0 amide bonds. The Bertz CT molecular complexity index is 656. The minimum absolute atomic E-state index is 0.00656. The van der Waals surface area contributed by atoms with Gasteiger partial charge >= 0.3 is 5.97 Å². The predicted octanol–water partition coefficient (Wildman–Crippen LogP) is 4.02. The number of ether oxygens (including phenoxy) is 1. The minimum atomic E-state index is -0.859. The molecule has 0 spiro atoms. The van der Waals surface area contributed by atoms with Crippen LogP contribution in [0.5, 0.6) is 17.2 Å². The predicted molar refractivity (Wildman–Crippen MR) is 91.4 cm³/mol. The maximum absolute atomic E-state index is 10.7. The first-order valence-corrected chi connectivity index (χ1v) is 7.78. The van der Waals surface area contributed by atoms with Gasteiger partial charge in [0.2, 0.25) is 0 Å². The number of carbonyl (C=O) groups is 1. The van der Waals surface area contributed by atoms with E-state index in [0.29, 0.717) is 15.1 Å². The Morgan fingerprint density at radius 1 is 1.10 bits per heavy atom. The van der Waals surface area contributed by atoms with Crippen LogP contribution in [0.25, 0.3) is 0 Å². The number of phenols is 1. The van der Waals surface area contributed by atoms with Crippen molar-refractivity contribution in [3.8, 4) is 17.2 Å². The number of halogens is 2. The number of hydrogen-bond acceptors (Lipinski definition) is 3. The van der Waals surface area contributed by atoms with E-state index < -0.39 is 5.97 Å². The number of carboxylic acids is 1. The molecule has 4 nitrogen and oxygen atoms in total. The quantitative estimate of drug-likeness (QED) is 0.629. The lowest BCUT2D eigenvalue weighted by Gasteiger charge is -2.09. The van der Waals surface area contributed by atoms with Crippen LogP contribution in [-0.2, 0) is 11.2 Å². The molecule has 2 rings (SSSR count). The van der Waals surface area contributed by atoms with E-state index in [1.807, 2.05) is 22.6 Å². The van der Waals surface area contributed by atoms with Gasteiger partial charge in [0.15, 0.2) is 0 Å². The van der Waals surface area contributed by atoms with Crippen LogP contribution < -0.4 is 4.74 Å². The maximum atomic E-state index is 10.7. The molecule has 20 heavy (non-hydrogen) atoms. The molecule has 0 saturated carbocycles. The van der Waals surface area contributed by atoms with Crippen LogP contribution in [0.15, 0.2) is 36.4 Å². The summed E-state index contributed by atoms with van der Waals surface area (Å²) in [6.45, 7) is 0. The molecule has 0 atom stereocenters. The fourth-order valence-electron chi connectivity index (χ4n) is 1.59. The van der Waals surface area contributed by atoms with Crippen LogP contribution >= 0.6 is 45.2 Å². The average Bonchev–Trinajstić information content (AvgIpc) is 2.36. The Hall–Kier alpha value is -1.03. The zero-order valence-electron chi connectivity index (χ0n) is 10.1. The molecular formula is C14H10I2O4. The summed E-state index contributed by atoms with van der Waals surface area (Å²) in [5, 5.41) is 18.2. The monoisotopic (exact) mass is 496 g/mol.